The first kappa shape index (κ1) is 20.7. The van der Waals surface area contributed by atoms with Gasteiger partial charge in [0.25, 0.3) is 0 Å². The lowest BCUT2D eigenvalue weighted by molar-refractivity contribution is -0.141. The highest BCUT2D eigenvalue weighted by atomic mass is 32.1. The van der Waals surface area contributed by atoms with Crippen molar-refractivity contribution in [3.63, 3.8) is 0 Å². The highest BCUT2D eigenvalue weighted by molar-refractivity contribution is 7.10. The number of pyridine rings is 1. The summed E-state index contributed by atoms with van der Waals surface area (Å²) >= 11 is 1.43. The Kier molecular flexibility index (Phi) is 5.98. The van der Waals surface area contributed by atoms with Crippen molar-refractivity contribution < 1.29 is 23.0 Å². The Morgan fingerprint density at radius 3 is 2.73 bits per heavy atom. The van der Waals surface area contributed by atoms with Gasteiger partial charge in [0.05, 0.1) is 25.4 Å². The Hall–Kier alpha value is -2.56. The average Bonchev–Trinajstić information content (AvgIpc) is 3.29. The summed E-state index contributed by atoms with van der Waals surface area (Å²) in [6.45, 7) is 1.02. The van der Waals surface area contributed by atoms with Gasteiger partial charge < -0.3 is 14.7 Å². The molecule has 30 heavy (non-hydrogen) atoms. The molecule has 6 nitrogen and oxygen atoms in total. The third kappa shape index (κ3) is 4.61. The number of aliphatic hydroxyl groups is 1. The highest BCUT2D eigenvalue weighted by Gasteiger charge is 2.36. The van der Waals surface area contributed by atoms with E-state index in [0.29, 0.717) is 31.7 Å². The second kappa shape index (κ2) is 8.66. The maximum atomic E-state index is 13.5. The number of hydrogen-bond acceptors (Lipinski definition) is 7. The van der Waals surface area contributed by atoms with Crippen molar-refractivity contribution >= 4 is 17.2 Å². The molecule has 0 bridgehead atoms. The molecular weight excluding hydrogens is 417 g/mol. The lowest BCUT2D eigenvalue weighted by Crippen LogP contribution is -2.47. The largest absolute Gasteiger partial charge is 0.433 e. The predicted molar refractivity (Wildman–Crippen MR) is 106 cm³/mol. The molecule has 0 radical (unpaired) electrons. The van der Waals surface area contributed by atoms with Crippen LogP contribution in [0.25, 0.3) is 11.4 Å². The summed E-state index contributed by atoms with van der Waals surface area (Å²) in [6, 6.07) is 7.45. The minimum Gasteiger partial charge on any atom is -0.387 e. The van der Waals surface area contributed by atoms with E-state index in [1.165, 1.54) is 23.7 Å². The van der Waals surface area contributed by atoms with Crippen LogP contribution in [0.2, 0.25) is 0 Å². The molecule has 1 fully saturated rings. The van der Waals surface area contributed by atoms with E-state index >= 15 is 0 Å². The molecule has 4 heterocycles. The van der Waals surface area contributed by atoms with Crippen molar-refractivity contribution in [1.29, 1.82) is 0 Å². The quantitative estimate of drug-likeness (QED) is 0.653. The van der Waals surface area contributed by atoms with E-state index in [1.807, 2.05) is 17.5 Å². The predicted octanol–water partition coefficient (Wildman–Crippen LogP) is 3.95. The minimum atomic E-state index is -4.61. The molecule has 1 N–H and O–H groups in total. The minimum absolute atomic E-state index is 0.0220. The summed E-state index contributed by atoms with van der Waals surface area (Å²) < 4.78 is 46.2. The van der Waals surface area contributed by atoms with Crippen molar-refractivity contribution in [3.05, 3.63) is 58.7 Å². The standard InChI is InChI=1S/C20H19F3N4O2S/c21-20(22,23)17-11-18(26-19(25-17)13-3-5-24-6-4-13)27-7-8-29-12-14(27)10-15(28)16-2-1-9-30-16/h1-6,9,11,14-15,28H,7-8,10,12H2. The van der Waals surface area contributed by atoms with Gasteiger partial charge in [-0.05, 0) is 23.6 Å². The zero-order chi connectivity index (χ0) is 21.1. The van der Waals surface area contributed by atoms with Gasteiger partial charge in [-0.2, -0.15) is 13.2 Å². The fourth-order valence-electron chi connectivity index (χ4n) is 3.36. The number of halogens is 3. The Morgan fingerprint density at radius 2 is 2.03 bits per heavy atom. The van der Waals surface area contributed by atoms with Crippen LogP contribution in [0.15, 0.2) is 48.1 Å². The van der Waals surface area contributed by atoms with E-state index in [0.717, 1.165) is 10.9 Å². The molecule has 1 aliphatic rings. The number of aliphatic hydroxyl groups excluding tert-OH is 1. The number of hydrogen-bond donors (Lipinski definition) is 1. The molecule has 158 valence electrons. The van der Waals surface area contributed by atoms with Gasteiger partial charge in [-0.25, -0.2) is 9.97 Å². The zero-order valence-corrected chi connectivity index (χ0v) is 16.6. The third-order valence-corrected chi connectivity index (χ3v) is 5.80. The molecular formula is C20H19F3N4O2S. The number of nitrogens with zero attached hydrogens (tertiary/aromatic N) is 4. The smallest absolute Gasteiger partial charge is 0.387 e. The number of morpholine rings is 1. The Balaban J connectivity index is 1.69. The molecule has 0 spiro atoms. The Bertz CT molecular complexity index is 970. The average molecular weight is 436 g/mol. The summed E-state index contributed by atoms with van der Waals surface area (Å²) in [5.41, 5.74) is -0.566. The van der Waals surface area contributed by atoms with Crippen LogP contribution in [-0.4, -0.2) is 45.9 Å². The van der Waals surface area contributed by atoms with E-state index in [4.69, 9.17) is 4.74 Å². The monoisotopic (exact) mass is 436 g/mol. The molecule has 1 aliphatic heterocycles. The van der Waals surface area contributed by atoms with E-state index in [9.17, 15) is 18.3 Å². The SMILES string of the molecule is OC(CC1COCCN1c1cc(C(F)(F)F)nc(-c2ccncc2)n1)c1cccs1. The van der Waals surface area contributed by atoms with Gasteiger partial charge >= 0.3 is 6.18 Å². The van der Waals surface area contributed by atoms with E-state index in [2.05, 4.69) is 15.0 Å². The Morgan fingerprint density at radius 1 is 1.23 bits per heavy atom. The van der Waals surface area contributed by atoms with Gasteiger partial charge in [0, 0.05) is 41.9 Å². The summed E-state index contributed by atoms with van der Waals surface area (Å²) in [5.74, 6) is 0.141. The number of alkyl halides is 3. The van der Waals surface area contributed by atoms with E-state index < -0.39 is 18.0 Å². The summed E-state index contributed by atoms with van der Waals surface area (Å²) in [5, 5.41) is 12.4. The highest BCUT2D eigenvalue weighted by Crippen LogP contribution is 2.34. The van der Waals surface area contributed by atoms with Gasteiger partial charge in [0.1, 0.15) is 5.82 Å². The van der Waals surface area contributed by atoms with Gasteiger partial charge in [0.15, 0.2) is 11.5 Å². The maximum Gasteiger partial charge on any atom is 0.433 e. The normalized spacial score (nSPS) is 18.4. The lowest BCUT2D eigenvalue weighted by Gasteiger charge is -2.37. The zero-order valence-electron chi connectivity index (χ0n) is 15.8. The fourth-order valence-corrected chi connectivity index (χ4v) is 4.09. The first-order valence-corrected chi connectivity index (χ1v) is 10.2. The van der Waals surface area contributed by atoms with Crippen molar-refractivity contribution in [2.75, 3.05) is 24.7 Å². The molecule has 2 atom stereocenters. The van der Waals surface area contributed by atoms with Crippen LogP contribution in [0, 0.1) is 0 Å². The lowest BCUT2D eigenvalue weighted by atomic mass is 10.1. The van der Waals surface area contributed by atoms with Crippen molar-refractivity contribution in [2.45, 2.75) is 24.7 Å². The first-order chi connectivity index (χ1) is 14.4. The Labute approximate surface area is 175 Å². The first-order valence-electron chi connectivity index (χ1n) is 9.34. The molecule has 1 saturated heterocycles. The molecule has 3 aromatic rings. The van der Waals surface area contributed by atoms with Crippen LogP contribution in [0.1, 0.15) is 23.1 Å². The molecule has 0 saturated carbocycles. The topological polar surface area (TPSA) is 71.4 Å². The van der Waals surface area contributed by atoms with Crippen LogP contribution >= 0.6 is 11.3 Å². The molecule has 4 rings (SSSR count). The van der Waals surface area contributed by atoms with E-state index in [-0.39, 0.29) is 17.7 Å². The second-order valence-electron chi connectivity index (χ2n) is 6.86. The third-order valence-electron chi connectivity index (χ3n) is 4.83. The van der Waals surface area contributed by atoms with Crippen molar-refractivity contribution in [3.8, 4) is 11.4 Å². The number of rotatable bonds is 5. The molecule has 0 aromatic carbocycles. The summed E-state index contributed by atoms with van der Waals surface area (Å²) in [7, 11) is 0. The molecule has 10 heteroatoms. The maximum absolute atomic E-state index is 13.5. The van der Waals surface area contributed by atoms with Crippen LogP contribution in [0.5, 0.6) is 0 Å². The molecule has 3 aromatic heterocycles. The number of thiophene rings is 1. The van der Waals surface area contributed by atoms with Crippen molar-refractivity contribution in [2.24, 2.45) is 0 Å². The van der Waals surface area contributed by atoms with Gasteiger partial charge in [-0.15, -0.1) is 11.3 Å². The molecule has 0 amide bonds. The fraction of sp³-hybridized carbons (Fsp3) is 0.350. The molecule has 0 aliphatic carbocycles. The summed E-state index contributed by atoms with van der Waals surface area (Å²) in [6.07, 6.45) is -2.07. The van der Waals surface area contributed by atoms with E-state index in [1.54, 1.807) is 17.0 Å². The van der Waals surface area contributed by atoms with Crippen LogP contribution in [0.4, 0.5) is 19.0 Å². The van der Waals surface area contributed by atoms with Crippen LogP contribution < -0.4 is 4.90 Å². The van der Waals surface area contributed by atoms with Gasteiger partial charge in [-0.1, -0.05) is 6.07 Å². The number of aromatic nitrogens is 3. The van der Waals surface area contributed by atoms with Crippen LogP contribution in [-0.2, 0) is 10.9 Å². The van der Waals surface area contributed by atoms with Crippen molar-refractivity contribution in [1.82, 2.24) is 15.0 Å². The number of ether oxygens (including phenoxy) is 1. The molecule has 2 unspecified atom stereocenters. The number of anilines is 1. The van der Waals surface area contributed by atoms with Gasteiger partial charge in [0.2, 0.25) is 0 Å². The summed E-state index contributed by atoms with van der Waals surface area (Å²) in [4.78, 5) is 14.6. The second-order valence-corrected chi connectivity index (χ2v) is 7.84. The van der Waals surface area contributed by atoms with Gasteiger partial charge in [-0.3, -0.25) is 4.98 Å². The van der Waals surface area contributed by atoms with Crippen LogP contribution in [0.3, 0.4) is 0 Å².